The highest BCUT2D eigenvalue weighted by Gasteiger charge is 2.33. The van der Waals surface area contributed by atoms with E-state index in [9.17, 15) is 26.3 Å². The number of alkyl halides is 6. The van der Waals surface area contributed by atoms with E-state index in [-0.39, 0.29) is 11.4 Å². The molecule has 0 bridgehead atoms. The molecule has 7 heteroatoms. The van der Waals surface area contributed by atoms with Gasteiger partial charge in [-0.05, 0) is 36.4 Å². The highest BCUT2D eigenvalue weighted by atomic mass is 19.4. The number of hydrogen-bond acceptors (Lipinski definition) is 1. The average Bonchev–Trinajstić information content (AvgIpc) is 2.37. The van der Waals surface area contributed by atoms with Crippen molar-refractivity contribution >= 4 is 11.4 Å². The molecule has 21 heavy (non-hydrogen) atoms. The molecule has 0 heterocycles. The quantitative estimate of drug-likeness (QED) is 0.726. The van der Waals surface area contributed by atoms with Gasteiger partial charge in [-0.3, -0.25) is 0 Å². The van der Waals surface area contributed by atoms with E-state index < -0.39 is 23.5 Å². The molecule has 0 saturated carbocycles. The standard InChI is InChI=1S/C14H9F6N/c15-13(16,17)9-5-7-10(8-6-9)21-12-4-2-1-3-11(12)14(18,19)20/h1-8,21H. The smallest absolute Gasteiger partial charge is 0.355 e. The third kappa shape index (κ3) is 3.68. The van der Waals surface area contributed by atoms with E-state index in [0.29, 0.717) is 0 Å². The van der Waals surface area contributed by atoms with Crippen molar-refractivity contribution in [3.63, 3.8) is 0 Å². The maximum absolute atomic E-state index is 12.8. The monoisotopic (exact) mass is 305 g/mol. The lowest BCUT2D eigenvalue weighted by Crippen LogP contribution is -2.09. The summed E-state index contributed by atoms with van der Waals surface area (Å²) in [6.45, 7) is 0. The summed E-state index contributed by atoms with van der Waals surface area (Å²) in [5.41, 5.74) is -1.83. The second-order valence-corrected chi connectivity index (χ2v) is 4.24. The van der Waals surface area contributed by atoms with E-state index in [0.717, 1.165) is 30.3 Å². The first-order chi connectivity index (χ1) is 9.68. The molecule has 0 spiro atoms. The molecule has 2 aromatic carbocycles. The highest BCUT2D eigenvalue weighted by molar-refractivity contribution is 5.64. The summed E-state index contributed by atoms with van der Waals surface area (Å²) in [5, 5.41) is 2.47. The number of para-hydroxylation sites is 1. The first-order valence-corrected chi connectivity index (χ1v) is 5.78. The van der Waals surface area contributed by atoms with Crippen LogP contribution in [0.5, 0.6) is 0 Å². The van der Waals surface area contributed by atoms with Crippen LogP contribution in [0.3, 0.4) is 0 Å². The normalized spacial score (nSPS) is 12.3. The molecule has 2 rings (SSSR count). The summed E-state index contributed by atoms with van der Waals surface area (Å²) in [7, 11) is 0. The SMILES string of the molecule is FC(F)(F)c1ccc(Nc2ccccc2C(F)(F)F)cc1. The third-order valence-corrected chi connectivity index (χ3v) is 2.72. The Morgan fingerprint density at radius 1 is 0.667 bits per heavy atom. The largest absolute Gasteiger partial charge is 0.418 e. The van der Waals surface area contributed by atoms with Gasteiger partial charge in [0.25, 0.3) is 0 Å². The molecule has 0 aliphatic rings. The van der Waals surface area contributed by atoms with Gasteiger partial charge < -0.3 is 5.32 Å². The molecular formula is C14H9F6N. The van der Waals surface area contributed by atoms with Crippen molar-refractivity contribution in [1.29, 1.82) is 0 Å². The zero-order valence-electron chi connectivity index (χ0n) is 10.4. The minimum Gasteiger partial charge on any atom is -0.355 e. The molecule has 112 valence electrons. The first kappa shape index (κ1) is 15.2. The lowest BCUT2D eigenvalue weighted by atomic mass is 10.1. The molecule has 0 unspecified atom stereocenters. The Bertz CT molecular complexity index is 613. The Kier molecular flexibility index (Phi) is 3.85. The molecule has 2 aromatic rings. The highest BCUT2D eigenvalue weighted by Crippen LogP contribution is 2.36. The summed E-state index contributed by atoms with van der Waals surface area (Å²) < 4.78 is 75.5. The lowest BCUT2D eigenvalue weighted by molar-refractivity contribution is -0.138. The Hall–Kier alpha value is -2.18. The van der Waals surface area contributed by atoms with E-state index in [1.165, 1.54) is 18.2 Å². The van der Waals surface area contributed by atoms with Crippen molar-refractivity contribution in [2.75, 3.05) is 5.32 Å². The number of halogens is 6. The van der Waals surface area contributed by atoms with Crippen molar-refractivity contribution in [3.8, 4) is 0 Å². The van der Waals surface area contributed by atoms with Gasteiger partial charge in [-0.15, -0.1) is 0 Å². The van der Waals surface area contributed by atoms with Crippen LogP contribution in [0, 0.1) is 0 Å². The number of hydrogen-bond donors (Lipinski definition) is 1. The molecule has 0 aromatic heterocycles. The molecule has 0 saturated heterocycles. The number of nitrogens with one attached hydrogen (secondary N) is 1. The molecule has 0 aliphatic heterocycles. The van der Waals surface area contributed by atoms with E-state index in [1.807, 2.05) is 0 Å². The van der Waals surface area contributed by atoms with Crippen LogP contribution in [-0.2, 0) is 12.4 Å². The minimum atomic E-state index is -4.55. The Balaban J connectivity index is 2.27. The van der Waals surface area contributed by atoms with Crippen LogP contribution in [0.2, 0.25) is 0 Å². The minimum absolute atomic E-state index is 0.139. The number of rotatable bonds is 2. The van der Waals surface area contributed by atoms with Gasteiger partial charge in [0.2, 0.25) is 0 Å². The summed E-state index contributed by atoms with van der Waals surface area (Å²) in [6.07, 6.45) is -9.03. The van der Waals surface area contributed by atoms with Gasteiger partial charge in [-0.2, -0.15) is 26.3 Å². The van der Waals surface area contributed by atoms with Crippen LogP contribution in [0.4, 0.5) is 37.7 Å². The van der Waals surface area contributed by atoms with Crippen molar-refractivity contribution in [2.24, 2.45) is 0 Å². The lowest BCUT2D eigenvalue weighted by Gasteiger charge is -2.15. The molecule has 1 nitrogen and oxygen atoms in total. The van der Waals surface area contributed by atoms with Gasteiger partial charge in [-0.25, -0.2) is 0 Å². The van der Waals surface area contributed by atoms with Crippen LogP contribution in [0.1, 0.15) is 11.1 Å². The molecular weight excluding hydrogens is 296 g/mol. The fourth-order valence-electron chi connectivity index (χ4n) is 1.74. The van der Waals surface area contributed by atoms with Gasteiger partial charge in [0.15, 0.2) is 0 Å². The Morgan fingerprint density at radius 3 is 1.76 bits per heavy atom. The summed E-state index contributed by atoms with van der Waals surface area (Å²) in [6, 6.07) is 8.51. The second-order valence-electron chi connectivity index (χ2n) is 4.24. The fraction of sp³-hybridized carbons (Fsp3) is 0.143. The van der Waals surface area contributed by atoms with Gasteiger partial charge in [0.1, 0.15) is 0 Å². The van der Waals surface area contributed by atoms with Crippen molar-refractivity contribution < 1.29 is 26.3 Å². The van der Waals surface area contributed by atoms with Crippen molar-refractivity contribution in [3.05, 3.63) is 59.7 Å². The Labute approximate surface area is 116 Å². The third-order valence-electron chi connectivity index (χ3n) is 2.72. The van der Waals surface area contributed by atoms with Gasteiger partial charge in [0, 0.05) is 5.69 Å². The average molecular weight is 305 g/mol. The van der Waals surface area contributed by atoms with Gasteiger partial charge in [-0.1, -0.05) is 12.1 Å². The van der Waals surface area contributed by atoms with E-state index in [2.05, 4.69) is 5.32 Å². The molecule has 0 amide bonds. The predicted octanol–water partition coefficient (Wildman–Crippen LogP) is 5.47. The fourth-order valence-corrected chi connectivity index (χ4v) is 1.74. The summed E-state index contributed by atoms with van der Waals surface area (Å²) in [4.78, 5) is 0. The van der Waals surface area contributed by atoms with Crippen molar-refractivity contribution in [1.82, 2.24) is 0 Å². The summed E-state index contributed by atoms with van der Waals surface area (Å²) in [5.74, 6) is 0. The zero-order valence-corrected chi connectivity index (χ0v) is 10.4. The number of benzene rings is 2. The van der Waals surface area contributed by atoms with Crippen LogP contribution in [-0.4, -0.2) is 0 Å². The topological polar surface area (TPSA) is 12.0 Å². The maximum Gasteiger partial charge on any atom is 0.418 e. The number of anilines is 2. The van der Waals surface area contributed by atoms with Crippen LogP contribution in [0.25, 0.3) is 0 Å². The molecule has 0 aliphatic carbocycles. The predicted molar refractivity (Wildman–Crippen MR) is 66.2 cm³/mol. The van der Waals surface area contributed by atoms with Crippen LogP contribution < -0.4 is 5.32 Å². The Morgan fingerprint density at radius 2 is 1.24 bits per heavy atom. The van der Waals surface area contributed by atoms with E-state index in [1.54, 1.807) is 0 Å². The molecule has 1 N–H and O–H groups in total. The second kappa shape index (κ2) is 5.31. The van der Waals surface area contributed by atoms with Gasteiger partial charge >= 0.3 is 12.4 Å². The van der Waals surface area contributed by atoms with Crippen LogP contribution >= 0.6 is 0 Å². The van der Waals surface area contributed by atoms with Crippen molar-refractivity contribution in [2.45, 2.75) is 12.4 Å². The van der Waals surface area contributed by atoms with Gasteiger partial charge in [0.05, 0.1) is 16.8 Å². The first-order valence-electron chi connectivity index (χ1n) is 5.78. The molecule has 0 fully saturated rings. The van der Waals surface area contributed by atoms with Crippen LogP contribution in [0.15, 0.2) is 48.5 Å². The summed E-state index contributed by atoms with van der Waals surface area (Å²) >= 11 is 0. The molecule has 0 radical (unpaired) electrons. The zero-order chi connectivity index (χ0) is 15.7. The molecule has 0 atom stereocenters. The van der Waals surface area contributed by atoms with E-state index >= 15 is 0 Å². The van der Waals surface area contributed by atoms with E-state index in [4.69, 9.17) is 0 Å². The maximum atomic E-state index is 12.8.